The van der Waals surface area contributed by atoms with Crippen LogP contribution in [0.4, 0.5) is 0 Å². The summed E-state index contributed by atoms with van der Waals surface area (Å²) in [4.78, 5) is 0. The largest absolute Gasteiger partial charge is 0.490 e. The fraction of sp³-hybridized carbons (Fsp3) is 0.684. The molecule has 0 aliphatic carbocycles. The van der Waals surface area contributed by atoms with Crippen molar-refractivity contribution in [2.45, 2.75) is 46.1 Å². The zero-order chi connectivity index (χ0) is 16.3. The number of hydrogen-bond acceptors (Lipinski definition) is 4. The Bertz CT molecular complexity index is 444. The summed E-state index contributed by atoms with van der Waals surface area (Å²) in [6.45, 7) is 9.25. The third kappa shape index (κ3) is 6.40. The molecule has 0 amide bonds. The van der Waals surface area contributed by atoms with Gasteiger partial charge in [0.25, 0.3) is 0 Å². The highest BCUT2D eigenvalue weighted by atomic mass is 16.5. The maximum atomic E-state index is 5.82. The molecule has 0 bridgehead atoms. The molecule has 0 spiro atoms. The number of rotatable bonds is 10. The monoisotopic (exact) mass is 321 g/mol. The standard InChI is InChI=1S/C19H31NO3/c1-3-5-11-23-18-9-8-16(12-19(18)22-4-2)13-20-14-17-7-6-10-21-15-17/h8-9,12,17,20H,3-7,10-11,13-15H2,1-2H3. The Morgan fingerprint density at radius 2 is 2.13 bits per heavy atom. The lowest BCUT2D eigenvalue weighted by Crippen LogP contribution is -2.28. The van der Waals surface area contributed by atoms with E-state index in [9.17, 15) is 0 Å². The summed E-state index contributed by atoms with van der Waals surface area (Å²) in [7, 11) is 0. The average molecular weight is 321 g/mol. The minimum absolute atomic E-state index is 0.645. The van der Waals surface area contributed by atoms with Crippen LogP contribution in [0.5, 0.6) is 11.5 Å². The van der Waals surface area contributed by atoms with Gasteiger partial charge < -0.3 is 19.5 Å². The molecular weight excluding hydrogens is 290 g/mol. The molecule has 2 rings (SSSR count). The molecule has 1 aliphatic rings. The van der Waals surface area contributed by atoms with E-state index >= 15 is 0 Å². The topological polar surface area (TPSA) is 39.7 Å². The highest BCUT2D eigenvalue weighted by molar-refractivity contribution is 5.43. The van der Waals surface area contributed by atoms with Crippen LogP contribution in [0.3, 0.4) is 0 Å². The van der Waals surface area contributed by atoms with E-state index in [1.807, 2.05) is 13.0 Å². The Kier molecular flexibility index (Phi) is 8.26. The summed E-state index contributed by atoms with van der Waals surface area (Å²) in [5.41, 5.74) is 1.23. The summed E-state index contributed by atoms with van der Waals surface area (Å²) >= 11 is 0. The maximum Gasteiger partial charge on any atom is 0.161 e. The number of benzene rings is 1. The van der Waals surface area contributed by atoms with Crippen LogP contribution in [-0.4, -0.2) is 33.0 Å². The van der Waals surface area contributed by atoms with Crippen molar-refractivity contribution in [3.8, 4) is 11.5 Å². The van der Waals surface area contributed by atoms with E-state index < -0.39 is 0 Å². The summed E-state index contributed by atoms with van der Waals surface area (Å²) in [6, 6.07) is 6.24. The van der Waals surface area contributed by atoms with Gasteiger partial charge in [-0.05, 0) is 49.8 Å². The first-order chi connectivity index (χ1) is 11.3. The Morgan fingerprint density at radius 3 is 2.87 bits per heavy atom. The van der Waals surface area contributed by atoms with Crippen molar-refractivity contribution in [3.05, 3.63) is 23.8 Å². The van der Waals surface area contributed by atoms with Crippen LogP contribution < -0.4 is 14.8 Å². The van der Waals surface area contributed by atoms with Crippen molar-refractivity contribution in [3.63, 3.8) is 0 Å². The zero-order valence-electron chi connectivity index (χ0n) is 14.6. The SMILES string of the molecule is CCCCOc1ccc(CNCC2CCCOC2)cc1OCC. The van der Waals surface area contributed by atoms with Gasteiger partial charge in [-0.15, -0.1) is 0 Å². The predicted molar refractivity (Wildman–Crippen MR) is 93.3 cm³/mol. The van der Waals surface area contributed by atoms with E-state index in [1.165, 1.54) is 18.4 Å². The summed E-state index contributed by atoms with van der Waals surface area (Å²) in [5.74, 6) is 2.35. The van der Waals surface area contributed by atoms with E-state index in [4.69, 9.17) is 14.2 Å². The van der Waals surface area contributed by atoms with Gasteiger partial charge in [-0.25, -0.2) is 0 Å². The lowest BCUT2D eigenvalue weighted by Gasteiger charge is -2.22. The summed E-state index contributed by atoms with van der Waals surface area (Å²) < 4.78 is 17.1. The fourth-order valence-corrected chi connectivity index (χ4v) is 2.77. The van der Waals surface area contributed by atoms with Crippen molar-refractivity contribution in [1.82, 2.24) is 5.32 Å². The third-order valence-corrected chi connectivity index (χ3v) is 4.08. The molecule has 1 unspecified atom stereocenters. The Morgan fingerprint density at radius 1 is 1.22 bits per heavy atom. The molecule has 1 fully saturated rings. The maximum absolute atomic E-state index is 5.82. The van der Waals surface area contributed by atoms with Gasteiger partial charge >= 0.3 is 0 Å². The lowest BCUT2D eigenvalue weighted by atomic mass is 10.0. The molecule has 1 aromatic rings. The van der Waals surface area contributed by atoms with E-state index in [0.29, 0.717) is 12.5 Å². The van der Waals surface area contributed by atoms with E-state index in [0.717, 1.165) is 57.3 Å². The fourth-order valence-electron chi connectivity index (χ4n) is 2.77. The second-order valence-corrected chi connectivity index (χ2v) is 6.13. The van der Waals surface area contributed by atoms with Gasteiger partial charge in [0.2, 0.25) is 0 Å². The molecule has 1 aromatic carbocycles. The first kappa shape index (κ1) is 18.1. The summed E-state index contributed by atoms with van der Waals surface area (Å²) in [5, 5.41) is 3.54. The van der Waals surface area contributed by atoms with Gasteiger partial charge in [0.05, 0.1) is 19.8 Å². The van der Waals surface area contributed by atoms with Crippen LogP contribution in [-0.2, 0) is 11.3 Å². The smallest absolute Gasteiger partial charge is 0.161 e. The van der Waals surface area contributed by atoms with Crippen molar-refractivity contribution in [2.75, 3.05) is 33.0 Å². The van der Waals surface area contributed by atoms with E-state index in [-0.39, 0.29) is 0 Å². The molecule has 130 valence electrons. The first-order valence-electron chi connectivity index (χ1n) is 9.00. The quantitative estimate of drug-likeness (QED) is 0.666. The predicted octanol–water partition coefficient (Wildman–Crippen LogP) is 3.78. The third-order valence-electron chi connectivity index (χ3n) is 4.08. The van der Waals surface area contributed by atoms with Gasteiger partial charge in [0, 0.05) is 19.7 Å². The zero-order valence-corrected chi connectivity index (χ0v) is 14.6. The van der Waals surface area contributed by atoms with Crippen molar-refractivity contribution < 1.29 is 14.2 Å². The van der Waals surface area contributed by atoms with Crippen LogP contribution in [0.25, 0.3) is 0 Å². The lowest BCUT2D eigenvalue weighted by molar-refractivity contribution is 0.0547. The van der Waals surface area contributed by atoms with Gasteiger partial charge in [0.15, 0.2) is 11.5 Å². The Balaban J connectivity index is 1.84. The summed E-state index contributed by atoms with van der Waals surface area (Å²) in [6.07, 6.45) is 4.65. The Hall–Kier alpha value is -1.26. The van der Waals surface area contributed by atoms with Crippen LogP contribution in [0.2, 0.25) is 0 Å². The number of nitrogens with one attached hydrogen (secondary N) is 1. The van der Waals surface area contributed by atoms with E-state index in [2.05, 4.69) is 24.4 Å². The molecule has 4 nitrogen and oxygen atoms in total. The van der Waals surface area contributed by atoms with Gasteiger partial charge in [-0.2, -0.15) is 0 Å². The van der Waals surface area contributed by atoms with Crippen LogP contribution in [0.15, 0.2) is 18.2 Å². The minimum atomic E-state index is 0.645. The molecule has 4 heteroatoms. The van der Waals surface area contributed by atoms with Crippen molar-refractivity contribution in [1.29, 1.82) is 0 Å². The van der Waals surface area contributed by atoms with Crippen molar-refractivity contribution >= 4 is 0 Å². The molecule has 0 saturated carbocycles. The van der Waals surface area contributed by atoms with Gasteiger partial charge in [0.1, 0.15) is 0 Å². The molecule has 1 saturated heterocycles. The second-order valence-electron chi connectivity index (χ2n) is 6.13. The van der Waals surface area contributed by atoms with Gasteiger partial charge in [-0.1, -0.05) is 19.4 Å². The minimum Gasteiger partial charge on any atom is -0.490 e. The molecular formula is C19H31NO3. The molecule has 23 heavy (non-hydrogen) atoms. The van der Waals surface area contributed by atoms with Crippen LogP contribution >= 0.6 is 0 Å². The van der Waals surface area contributed by atoms with Crippen molar-refractivity contribution in [2.24, 2.45) is 5.92 Å². The molecule has 0 aromatic heterocycles. The number of ether oxygens (including phenoxy) is 3. The first-order valence-corrected chi connectivity index (χ1v) is 9.00. The average Bonchev–Trinajstić information content (AvgIpc) is 2.58. The van der Waals surface area contributed by atoms with Crippen LogP contribution in [0, 0.1) is 5.92 Å². The van der Waals surface area contributed by atoms with E-state index in [1.54, 1.807) is 0 Å². The van der Waals surface area contributed by atoms with Gasteiger partial charge in [-0.3, -0.25) is 0 Å². The highest BCUT2D eigenvalue weighted by Crippen LogP contribution is 2.28. The number of hydrogen-bond donors (Lipinski definition) is 1. The van der Waals surface area contributed by atoms with Crippen LogP contribution in [0.1, 0.15) is 45.1 Å². The molecule has 1 N–H and O–H groups in total. The Labute approximate surface area is 140 Å². The molecule has 1 atom stereocenters. The second kappa shape index (κ2) is 10.5. The molecule has 1 aliphatic heterocycles. The normalized spacial score (nSPS) is 17.9. The number of unbranched alkanes of at least 4 members (excludes halogenated alkanes) is 1. The molecule has 1 heterocycles. The molecule has 0 radical (unpaired) electrons. The highest BCUT2D eigenvalue weighted by Gasteiger charge is 2.13.